The number of para-hydroxylation sites is 1. The van der Waals surface area contributed by atoms with E-state index in [-0.39, 0.29) is 12.6 Å². The lowest BCUT2D eigenvalue weighted by Gasteiger charge is -2.14. The third-order valence-corrected chi connectivity index (χ3v) is 5.30. The van der Waals surface area contributed by atoms with Crippen LogP contribution in [0.15, 0.2) is 66.7 Å². The molecular weight excluding hydrogens is 362 g/mol. The molecule has 0 bridgehead atoms. The molecule has 4 N–H and O–H groups in total. The van der Waals surface area contributed by atoms with Gasteiger partial charge in [0.1, 0.15) is 0 Å². The molecule has 0 radical (unpaired) electrons. The first-order valence-electron chi connectivity index (χ1n) is 9.86. The van der Waals surface area contributed by atoms with E-state index < -0.39 is 6.10 Å². The predicted octanol–water partition coefficient (Wildman–Crippen LogP) is 4.20. The van der Waals surface area contributed by atoms with Crippen LogP contribution in [-0.2, 0) is 6.42 Å². The van der Waals surface area contributed by atoms with Gasteiger partial charge in [0.2, 0.25) is 0 Å². The molecule has 0 fully saturated rings. The number of hydrogen-bond acceptors (Lipinski definition) is 2. The summed E-state index contributed by atoms with van der Waals surface area (Å²) >= 11 is 0. The van der Waals surface area contributed by atoms with Crippen LogP contribution in [0.1, 0.15) is 22.9 Å². The van der Waals surface area contributed by atoms with E-state index in [1.807, 2.05) is 54.6 Å². The quantitative estimate of drug-likeness (QED) is 0.400. The molecule has 0 aliphatic carbocycles. The SMILES string of the molecule is Cc1[nH]c2ccccc2c1CCNC(=O)NCC(O)c1ccc2ccccc2c1. The fourth-order valence-corrected chi connectivity index (χ4v) is 3.74. The summed E-state index contributed by atoms with van der Waals surface area (Å²) in [5.74, 6) is 0. The van der Waals surface area contributed by atoms with E-state index in [0.29, 0.717) is 6.54 Å². The summed E-state index contributed by atoms with van der Waals surface area (Å²) in [4.78, 5) is 15.5. The van der Waals surface area contributed by atoms with Crippen LogP contribution in [0.25, 0.3) is 21.7 Å². The fourth-order valence-electron chi connectivity index (χ4n) is 3.74. The summed E-state index contributed by atoms with van der Waals surface area (Å²) in [5, 5.41) is 19.4. The number of aliphatic hydroxyl groups is 1. The third kappa shape index (κ3) is 4.25. The molecule has 4 aromatic rings. The summed E-state index contributed by atoms with van der Waals surface area (Å²) in [6, 6.07) is 21.7. The van der Waals surface area contributed by atoms with Crippen LogP contribution in [0.4, 0.5) is 4.79 Å². The Balaban J connectivity index is 1.28. The van der Waals surface area contributed by atoms with Crippen molar-refractivity contribution in [2.45, 2.75) is 19.4 Å². The van der Waals surface area contributed by atoms with Crippen molar-refractivity contribution >= 4 is 27.7 Å². The molecule has 0 saturated carbocycles. The number of aromatic amines is 1. The second-order valence-electron chi connectivity index (χ2n) is 7.28. The minimum atomic E-state index is -0.749. The smallest absolute Gasteiger partial charge is 0.314 e. The van der Waals surface area contributed by atoms with Gasteiger partial charge in [-0.3, -0.25) is 0 Å². The molecule has 0 spiro atoms. The van der Waals surface area contributed by atoms with Gasteiger partial charge in [0, 0.05) is 29.7 Å². The molecular formula is C24H25N3O2. The van der Waals surface area contributed by atoms with E-state index in [1.54, 1.807) is 0 Å². The van der Waals surface area contributed by atoms with Gasteiger partial charge in [-0.2, -0.15) is 0 Å². The van der Waals surface area contributed by atoms with Gasteiger partial charge < -0.3 is 20.7 Å². The molecule has 1 atom stereocenters. The number of urea groups is 1. The number of carbonyl (C=O) groups is 1. The number of amides is 2. The minimum absolute atomic E-state index is 0.163. The van der Waals surface area contributed by atoms with Crippen molar-refractivity contribution < 1.29 is 9.90 Å². The zero-order chi connectivity index (χ0) is 20.2. The van der Waals surface area contributed by atoms with E-state index in [0.717, 1.165) is 34.0 Å². The molecule has 5 nitrogen and oxygen atoms in total. The molecule has 148 valence electrons. The summed E-state index contributed by atoms with van der Waals surface area (Å²) in [6.07, 6.45) is -0.00235. The standard InChI is InChI=1S/C24H25N3O2/c1-16-20(21-8-4-5-9-22(21)27-16)12-13-25-24(29)26-15-23(28)19-11-10-17-6-2-3-7-18(17)14-19/h2-11,14,23,27-28H,12-13,15H2,1H3,(H2,25,26,29). The monoisotopic (exact) mass is 387 g/mol. The summed E-state index contributed by atoms with van der Waals surface area (Å²) in [7, 11) is 0. The number of H-pyrrole nitrogens is 1. The molecule has 1 aromatic heterocycles. The van der Waals surface area contributed by atoms with Crippen molar-refractivity contribution in [2.24, 2.45) is 0 Å². The van der Waals surface area contributed by atoms with Crippen molar-refractivity contribution in [1.29, 1.82) is 0 Å². The van der Waals surface area contributed by atoms with Gasteiger partial charge in [0.05, 0.1) is 6.10 Å². The highest BCUT2D eigenvalue weighted by atomic mass is 16.3. The molecule has 5 heteroatoms. The number of nitrogens with one attached hydrogen (secondary N) is 3. The molecule has 29 heavy (non-hydrogen) atoms. The van der Waals surface area contributed by atoms with Crippen molar-refractivity contribution in [3.8, 4) is 0 Å². The maximum atomic E-state index is 12.1. The Labute approximate surface area is 169 Å². The number of aryl methyl sites for hydroxylation is 1. The van der Waals surface area contributed by atoms with Gasteiger partial charge in [0.25, 0.3) is 0 Å². The molecule has 1 heterocycles. The van der Waals surface area contributed by atoms with Gasteiger partial charge in [-0.05, 0) is 47.4 Å². The van der Waals surface area contributed by atoms with E-state index in [2.05, 4.69) is 34.7 Å². The summed E-state index contributed by atoms with van der Waals surface area (Å²) in [5.41, 5.74) is 4.25. The van der Waals surface area contributed by atoms with Crippen molar-refractivity contribution in [2.75, 3.05) is 13.1 Å². The number of benzene rings is 3. The highest BCUT2D eigenvalue weighted by Gasteiger charge is 2.11. The second-order valence-corrected chi connectivity index (χ2v) is 7.28. The van der Waals surface area contributed by atoms with E-state index in [9.17, 15) is 9.90 Å². The van der Waals surface area contributed by atoms with Crippen molar-refractivity contribution in [1.82, 2.24) is 15.6 Å². The van der Waals surface area contributed by atoms with E-state index >= 15 is 0 Å². The zero-order valence-corrected chi connectivity index (χ0v) is 16.4. The van der Waals surface area contributed by atoms with Gasteiger partial charge in [0.15, 0.2) is 0 Å². The zero-order valence-electron chi connectivity index (χ0n) is 16.4. The summed E-state index contributed by atoms with van der Waals surface area (Å²) < 4.78 is 0. The Morgan fingerprint density at radius 1 is 1.00 bits per heavy atom. The van der Waals surface area contributed by atoms with Gasteiger partial charge in [-0.1, -0.05) is 54.6 Å². The third-order valence-electron chi connectivity index (χ3n) is 5.30. The van der Waals surface area contributed by atoms with Crippen LogP contribution in [0.2, 0.25) is 0 Å². The highest BCUT2D eigenvalue weighted by Crippen LogP contribution is 2.22. The first-order chi connectivity index (χ1) is 14.1. The van der Waals surface area contributed by atoms with Crippen LogP contribution < -0.4 is 10.6 Å². The van der Waals surface area contributed by atoms with Gasteiger partial charge in [-0.25, -0.2) is 4.79 Å². The Morgan fingerprint density at radius 3 is 2.62 bits per heavy atom. The Hall–Kier alpha value is -3.31. The molecule has 2 amide bonds. The normalized spacial score (nSPS) is 12.2. The van der Waals surface area contributed by atoms with Gasteiger partial charge in [-0.15, -0.1) is 0 Å². The Bertz CT molecular complexity index is 1150. The first kappa shape index (κ1) is 19.0. The predicted molar refractivity (Wildman–Crippen MR) is 117 cm³/mol. The number of fused-ring (bicyclic) bond motifs is 2. The molecule has 0 aliphatic heterocycles. The van der Waals surface area contributed by atoms with Crippen LogP contribution >= 0.6 is 0 Å². The fraction of sp³-hybridized carbons (Fsp3) is 0.208. The topological polar surface area (TPSA) is 77.2 Å². The highest BCUT2D eigenvalue weighted by molar-refractivity contribution is 5.85. The van der Waals surface area contributed by atoms with Crippen LogP contribution in [0, 0.1) is 6.92 Å². The van der Waals surface area contributed by atoms with E-state index in [4.69, 9.17) is 0 Å². The average molecular weight is 387 g/mol. The van der Waals surface area contributed by atoms with Crippen molar-refractivity contribution in [3.63, 3.8) is 0 Å². The average Bonchev–Trinajstić information content (AvgIpc) is 3.07. The molecule has 4 rings (SSSR count). The molecule has 1 unspecified atom stereocenters. The first-order valence-corrected chi connectivity index (χ1v) is 9.86. The number of carbonyl (C=O) groups excluding carboxylic acids is 1. The lowest BCUT2D eigenvalue weighted by molar-refractivity contribution is 0.173. The lowest BCUT2D eigenvalue weighted by atomic mass is 10.0. The minimum Gasteiger partial charge on any atom is -0.387 e. The Kier molecular flexibility index (Phi) is 5.49. The van der Waals surface area contributed by atoms with Crippen molar-refractivity contribution in [3.05, 3.63) is 83.6 Å². The van der Waals surface area contributed by atoms with Gasteiger partial charge >= 0.3 is 6.03 Å². The van der Waals surface area contributed by atoms with Crippen LogP contribution in [0.3, 0.4) is 0 Å². The number of hydrogen-bond donors (Lipinski definition) is 4. The molecule has 0 saturated heterocycles. The lowest BCUT2D eigenvalue weighted by Crippen LogP contribution is -2.38. The maximum Gasteiger partial charge on any atom is 0.314 e. The Morgan fingerprint density at radius 2 is 1.76 bits per heavy atom. The largest absolute Gasteiger partial charge is 0.387 e. The summed E-state index contributed by atoms with van der Waals surface area (Å²) in [6.45, 7) is 2.74. The number of aliphatic hydroxyl groups excluding tert-OH is 1. The van der Waals surface area contributed by atoms with Crippen LogP contribution in [-0.4, -0.2) is 29.2 Å². The van der Waals surface area contributed by atoms with Crippen LogP contribution in [0.5, 0.6) is 0 Å². The number of rotatable bonds is 6. The second kappa shape index (κ2) is 8.37. The molecule has 3 aromatic carbocycles. The van der Waals surface area contributed by atoms with E-state index in [1.165, 1.54) is 10.9 Å². The molecule has 0 aliphatic rings. The number of aromatic nitrogens is 1. The maximum absolute atomic E-state index is 12.1.